The van der Waals surface area contributed by atoms with E-state index >= 15 is 0 Å². The average Bonchev–Trinajstić information content (AvgIpc) is 2.78. The summed E-state index contributed by atoms with van der Waals surface area (Å²) >= 11 is 5.86. The van der Waals surface area contributed by atoms with Gasteiger partial charge in [0, 0.05) is 29.9 Å². The first-order valence-electron chi connectivity index (χ1n) is 9.80. The van der Waals surface area contributed by atoms with E-state index in [1.54, 1.807) is 43.6 Å². The molecule has 162 valence electrons. The molecule has 8 heteroatoms. The van der Waals surface area contributed by atoms with E-state index in [9.17, 15) is 13.2 Å². The fraction of sp³-hybridized carbons (Fsp3) is 0.217. The highest BCUT2D eigenvalue weighted by atomic mass is 35.5. The number of hydrogen-bond acceptors (Lipinski definition) is 5. The van der Waals surface area contributed by atoms with Crippen LogP contribution in [0.15, 0.2) is 78.0 Å². The van der Waals surface area contributed by atoms with Crippen LogP contribution in [0.4, 0.5) is 0 Å². The Bertz CT molecular complexity index is 1100. The molecule has 1 aromatic heterocycles. The van der Waals surface area contributed by atoms with Crippen molar-refractivity contribution in [1.29, 1.82) is 0 Å². The van der Waals surface area contributed by atoms with Crippen molar-refractivity contribution in [3.8, 4) is 0 Å². The number of esters is 1. The van der Waals surface area contributed by atoms with E-state index in [0.29, 0.717) is 23.6 Å². The maximum absolute atomic E-state index is 12.7. The summed E-state index contributed by atoms with van der Waals surface area (Å²) in [7, 11) is -3.69. The Kier molecular flexibility index (Phi) is 7.79. The molecular weight excluding hydrogens is 436 g/mol. The Morgan fingerprint density at radius 1 is 1.10 bits per heavy atom. The Balaban J connectivity index is 1.76. The molecule has 1 unspecified atom stereocenters. The standard InChI is InChI=1S/C23H23ClN2O4S/c1-2-30-23(27)18-7-5-17(6-8-18)14-20(19-4-3-13-25-15-19)16-26-31(28,29)22-11-9-21(24)10-12-22/h3-13,15,20,26H,2,14,16H2,1H3. The molecule has 1 N–H and O–H groups in total. The lowest BCUT2D eigenvalue weighted by atomic mass is 9.93. The Hall–Kier alpha value is -2.74. The molecule has 6 nitrogen and oxygen atoms in total. The van der Waals surface area contributed by atoms with Gasteiger partial charge in [-0.15, -0.1) is 0 Å². The number of ether oxygens (including phenoxy) is 1. The van der Waals surface area contributed by atoms with Gasteiger partial charge >= 0.3 is 5.97 Å². The Morgan fingerprint density at radius 2 is 1.81 bits per heavy atom. The molecule has 31 heavy (non-hydrogen) atoms. The van der Waals surface area contributed by atoms with Gasteiger partial charge in [0.2, 0.25) is 10.0 Å². The van der Waals surface area contributed by atoms with E-state index in [2.05, 4.69) is 9.71 Å². The minimum atomic E-state index is -3.69. The van der Waals surface area contributed by atoms with E-state index in [1.807, 2.05) is 24.3 Å². The van der Waals surface area contributed by atoms with E-state index in [0.717, 1.165) is 11.1 Å². The maximum Gasteiger partial charge on any atom is 0.338 e. The van der Waals surface area contributed by atoms with Crippen LogP contribution in [0.2, 0.25) is 5.02 Å². The molecule has 0 aliphatic rings. The number of sulfonamides is 1. The molecule has 0 spiro atoms. The quantitative estimate of drug-likeness (QED) is 0.485. The lowest BCUT2D eigenvalue weighted by molar-refractivity contribution is 0.0526. The van der Waals surface area contributed by atoms with Crippen LogP contribution in [0.3, 0.4) is 0 Å². The fourth-order valence-corrected chi connectivity index (χ4v) is 4.32. The van der Waals surface area contributed by atoms with Crippen molar-refractivity contribution in [2.75, 3.05) is 13.2 Å². The molecule has 0 aliphatic heterocycles. The monoisotopic (exact) mass is 458 g/mol. The number of halogens is 1. The number of hydrogen-bond donors (Lipinski definition) is 1. The largest absolute Gasteiger partial charge is 0.462 e. The van der Waals surface area contributed by atoms with Crippen LogP contribution >= 0.6 is 11.6 Å². The lowest BCUT2D eigenvalue weighted by Crippen LogP contribution is -2.29. The van der Waals surface area contributed by atoms with Gasteiger partial charge in [-0.25, -0.2) is 17.9 Å². The highest BCUT2D eigenvalue weighted by Gasteiger charge is 2.19. The van der Waals surface area contributed by atoms with Gasteiger partial charge in [-0.3, -0.25) is 4.98 Å². The smallest absolute Gasteiger partial charge is 0.338 e. The first kappa shape index (κ1) is 22.9. The van der Waals surface area contributed by atoms with Crippen molar-refractivity contribution < 1.29 is 17.9 Å². The summed E-state index contributed by atoms with van der Waals surface area (Å²) in [6.07, 6.45) is 3.97. The summed E-state index contributed by atoms with van der Waals surface area (Å²) in [6, 6.07) is 16.9. The molecule has 3 aromatic rings. The van der Waals surface area contributed by atoms with Crippen molar-refractivity contribution in [1.82, 2.24) is 9.71 Å². The summed E-state index contributed by atoms with van der Waals surface area (Å²) in [5.41, 5.74) is 2.36. The minimum Gasteiger partial charge on any atom is -0.462 e. The molecule has 1 heterocycles. The van der Waals surface area contributed by atoms with Gasteiger partial charge in [0.15, 0.2) is 0 Å². The van der Waals surface area contributed by atoms with Gasteiger partial charge < -0.3 is 4.74 Å². The van der Waals surface area contributed by atoms with Crippen molar-refractivity contribution in [3.05, 3.63) is 94.8 Å². The topological polar surface area (TPSA) is 85.4 Å². The summed E-state index contributed by atoms with van der Waals surface area (Å²) < 4.78 is 33.1. The molecule has 3 rings (SSSR count). The van der Waals surface area contributed by atoms with Crippen LogP contribution in [0.1, 0.15) is 34.3 Å². The van der Waals surface area contributed by atoms with Crippen molar-refractivity contribution in [2.45, 2.75) is 24.2 Å². The highest BCUT2D eigenvalue weighted by Crippen LogP contribution is 2.22. The highest BCUT2D eigenvalue weighted by molar-refractivity contribution is 7.89. The third kappa shape index (κ3) is 6.37. The number of pyridine rings is 1. The van der Waals surface area contributed by atoms with Crippen molar-refractivity contribution in [2.24, 2.45) is 0 Å². The van der Waals surface area contributed by atoms with Crippen LogP contribution < -0.4 is 4.72 Å². The number of nitrogens with one attached hydrogen (secondary N) is 1. The third-order valence-electron chi connectivity index (χ3n) is 4.75. The third-order valence-corrected chi connectivity index (χ3v) is 6.44. The molecular formula is C23H23ClN2O4S. The maximum atomic E-state index is 12.7. The van der Waals surface area contributed by atoms with Gasteiger partial charge in [-0.05, 0) is 66.9 Å². The molecule has 0 bridgehead atoms. The average molecular weight is 459 g/mol. The number of nitrogens with zero attached hydrogens (tertiary/aromatic N) is 1. The zero-order valence-corrected chi connectivity index (χ0v) is 18.6. The van der Waals surface area contributed by atoms with Crippen LogP contribution in [0.5, 0.6) is 0 Å². The van der Waals surface area contributed by atoms with E-state index < -0.39 is 10.0 Å². The number of rotatable bonds is 9. The van der Waals surface area contributed by atoms with Crippen molar-refractivity contribution in [3.63, 3.8) is 0 Å². The summed E-state index contributed by atoms with van der Waals surface area (Å²) in [4.78, 5) is 16.2. The molecule has 0 fully saturated rings. The normalized spacial score (nSPS) is 12.3. The first-order valence-corrected chi connectivity index (χ1v) is 11.7. The van der Waals surface area contributed by atoms with Crippen LogP contribution in [-0.2, 0) is 21.2 Å². The van der Waals surface area contributed by atoms with Crippen LogP contribution in [-0.4, -0.2) is 32.5 Å². The minimum absolute atomic E-state index is 0.149. The fourth-order valence-electron chi connectivity index (χ4n) is 3.11. The predicted molar refractivity (Wildman–Crippen MR) is 120 cm³/mol. The number of benzene rings is 2. The molecule has 0 saturated carbocycles. The summed E-state index contributed by atoms with van der Waals surface area (Å²) in [5, 5.41) is 0.471. The van der Waals surface area contributed by atoms with Crippen LogP contribution in [0, 0.1) is 0 Å². The first-order chi connectivity index (χ1) is 14.9. The van der Waals surface area contributed by atoms with Gasteiger partial charge in [-0.2, -0.15) is 0 Å². The van der Waals surface area contributed by atoms with Gasteiger partial charge in [0.05, 0.1) is 17.1 Å². The zero-order chi connectivity index (χ0) is 22.3. The number of carbonyl (C=O) groups is 1. The van der Waals surface area contributed by atoms with Crippen molar-refractivity contribution >= 4 is 27.6 Å². The number of carbonyl (C=O) groups excluding carboxylic acids is 1. The van der Waals surface area contributed by atoms with Gasteiger partial charge in [0.1, 0.15) is 0 Å². The second-order valence-electron chi connectivity index (χ2n) is 6.91. The molecule has 1 atom stereocenters. The van der Waals surface area contributed by atoms with E-state index in [4.69, 9.17) is 16.3 Å². The second-order valence-corrected chi connectivity index (χ2v) is 9.11. The van der Waals surface area contributed by atoms with E-state index in [1.165, 1.54) is 12.1 Å². The summed E-state index contributed by atoms with van der Waals surface area (Å²) in [5.74, 6) is -0.516. The lowest BCUT2D eigenvalue weighted by Gasteiger charge is -2.18. The summed E-state index contributed by atoms with van der Waals surface area (Å²) in [6.45, 7) is 2.27. The molecule has 2 aromatic carbocycles. The van der Waals surface area contributed by atoms with Gasteiger partial charge in [0.25, 0.3) is 0 Å². The molecule has 0 amide bonds. The zero-order valence-electron chi connectivity index (χ0n) is 17.0. The number of aromatic nitrogens is 1. The predicted octanol–water partition coefficient (Wildman–Crippen LogP) is 4.22. The van der Waals surface area contributed by atoms with Gasteiger partial charge in [-0.1, -0.05) is 29.8 Å². The Labute approximate surface area is 187 Å². The Morgan fingerprint density at radius 3 is 2.42 bits per heavy atom. The molecule has 0 radical (unpaired) electrons. The van der Waals surface area contributed by atoms with E-state index in [-0.39, 0.29) is 23.3 Å². The van der Waals surface area contributed by atoms with Crippen LogP contribution in [0.25, 0.3) is 0 Å². The molecule has 0 aliphatic carbocycles. The second kappa shape index (κ2) is 10.5. The SMILES string of the molecule is CCOC(=O)c1ccc(CC(CNS(=O)(=O)c2ccc(Cl)cc2)c2cccnc2)cc1. The molecule has 0 saturated heterocycles.